The van der Waals surface area contributed by atoms with Crippen LogP contribution in [-0.2, 0) is 12.0 Å². The van der Waals surface area contributed by atoms with Crippen LogP contribution in [-0.4, -0.2) is 9.55 Å². The number of benzene rings is 3. The van der Waals surface area contributed by atoms with Crippen LogP contribution in [0, 0.1) is 5.82 Å². The van der Waals surface area contributed by atoms with E-state index in [9.17, 15) is 4.39 Å². The minimum atomic E-state index is -0.190. The summed E-state index contributed by atoms with van der Waals surface area (Å²) in [4.78, 5) is 4.84. The molecular formula is C24H23FN2. The van der Waals surface area contributed by atoms with Crippen LogP contribution >= 0.6 is 0 Å². The van der Waals surface area contributed by atoms with E-state index in [1.54, 1.807) is 6.07 Å². The minimum Gasteiger partial charge on any atom is -0.319 e. The Kier molecular flexibility index (Phi) is 4.31. The van der Waals surface area contributed by atoms with Gasteiger partial charge in [0.15, 0.2) is 0 Å². The molecule has 0 unspecified atom stereocenters. The van der Waals surface area contributed by atoms with Gasteiger partial charge in [0.1, 0.15) is 11.6 Å². The van der Waals surface area contributed by atoms with Gasteiger partial charge >= 0.3 is 0 Å². The molecule has 27 heavy (non-hydrogen) atoms. The number of hydrogen-bond donors (Lipinski definition) is 0. The highest BCUT2D eigenvalue weighted by Crippen LogP contribution is 2.29. The fourth-order valence-corrected chi connectivity index (χ4v) is 3.37. The van der Waals surface area contributed by atoms with E-state index >= 15 is 0 Å². The number of fused-ring (bicyclic) bond motifs is 1. The van der Waals surface area contributed by atoms with Gasteiger partial charge < -0.3 is 4.57 Å². The summed E-state index contributed by atoms with van der Waals surface area (Å²) in [6.07, 6.45) is 0. The Labute approximate surface area is 159 Å². The van der Waals surface area contributed by atoms with Crippen molar-refractivity contribution in [1.29, 1.82) is 0 Å². The van der Waals surface area contributed by atoms with Crippen LogP contribution < -0.4 is 0 Å². The molecule has 0 aliphatic carbocycles. The van der Waals surface area contributed by atoms with Crippen molar-refractivity contribution in [3.8, 4) is 11.4 Å². The number of aromatic nitrogens is 2. The van der Waals surface area contributed by atoms with E-state index in [1.165, 1.54) is 11.6 Å². The summed E-state index contributed by atoms with van der Waals surface area (Å²) in [6.45, 7) is 7.06. The standard InChI is InChI=1S/C24H23FN2/c1-24(2,3)19-14-12-17(13-15-19)23-26-21-10-6-7-11-22(21)27(23)16-18-8-4-5-9-20(18)25/h4-15H,16H2,1-3H3. The monoisotopic (exact) mass is 358 g/mol. The maximum Gasteiger partial charge on any atom is 0.141 e. The molecular weight excluding hydrogens is 335 g/mol. The topological polar surface area (TPSA) is 17.8 Å². The average molecular weight is 358 g/mol. The lowest BCUT2D eigenvalue weighted by atomic mass is 9.87. The van der Waals surface area contributed by atoms with Crippen molar-refractivity contribution in [3.63, 3.8) is 0 Å². The van der Waals surface area contributed by atoms with Gasteiger partial charge in [0.2, 0.25) is 0 Å². The fourth-order valence-electron chi connectivity index (χ4n) is 3.37. The third-order valence-electron chi connectivity index (χ3n) is 4.95. The van der Waals surface area contributed by atoms with Crippen molar-refractivity contribution in [2.45, 2.75) is 32.7 Å². The second-order valence-electron chi connectivity index (χ2n) is 7.93. The molecule has 0 atom stereocenters. The van der Waals surface area contributed by atoms with E-state index in [4.69, 9.17) is 4.98 Å². The molecule has 1 aromatic heterocycles. The van der Waals surface area contributed by atoms with Crippen molar-refractivity contribution in [2.75, 3.05) is 0 Å². The van der Waals surface area contributed by atoms with Crippen molar-refractivity contribution in [3.05, 3.63) is 89.7 Å². The van der Waals surface area contributed by atoms with Crippen LogP contribution in [0.3, 0.4) is 0 Å². The first-order valence-corrected chi connectivity index (χ1v) is 9.23. The first-order chi connectivity index (χ1) is 12.9. The van der Waals surface area contributed by atoms with Crippen LogP contribution in [0.25, 0.3) is 22.4 Å². The van der Waals surface area contributed by atoms with Gasteiger partial charge in [0, 0.05) is 11.1 Å². The van der Waals surface area contributed by atoms with Gasteiger partial charge in [-0.05, 0) is 29.2 Å². The highest BCUT2D eigenvalue weighted by molar-refractivity contribution is 5.80. The highest BCUT2D eigenvalue weighted by Gasteiger charge is 2.16. The molecule has 4 rings (SSSR count). The summed E-state index contributed by atoms with van der Waals surface area (Å²) in [5.74, 6) is 0.671. The summed E-state index contributed by atoms with van der Waals surface area (Å²) < 4.78 is 16.4. The molecule has 0 saturated heterocycles. The third-order valence-corrected chi connectivity index (χ3v) is 4.95. The van der Waals surface area contributed by atoms with Gasteiger partial charge in [0.05, 0.1) is 17.6 Å². The second kappa shape index (κ2) is 6.66. The van der Waals surface area contributed by atoms with Crippen LogP contribution in [0.1, 0.15) is 31.9 Å². The van der Waals surface area contributed by atoms with E-state index in [0.717, 1.165) is 22.4 Å². The Morgan fingerprint density at radius 2 is 1.52 bits per heavy atom. The molecule has 136 valence electrons. The molecule has 2 nitrogen and oxygen atoms in total. The molecule has 0 saturated carbocycles. The predicted molar refractivity (Wildman–Crippen MR) is 109 cm³/mol. The lowest BCUT2D eigenvalue weighted by Gasteiger charge is -2.19. The van der Waals surface area contributed by atoms with Gasteiger partial charge in [-0.25, -0.2) is 9.37 Å². The van der Waals surface area contributed by atoms with E-state index in [-0.39, 0.29) is 11.2 Å². The van der Waals surface area contributed by atoms with Gasteiger partial charge in [0.25, 0.3) is 0 Å². The number of halogens is 1. The molecule has 0 N–H and O–H groups in total. The first-order valence-electron chi connectivity index (χ1n) is 9.23. The van der Waals surface area contributed by atoms with Crippen molar-refractivity contribution >= 4 is 11.0 Å². The summed E-state index contributed by atoms with van der Waals surface area (Å²) in [5.41, 5.74) is 5.01. The van der Waals surface area contributed by atoms with Crippen LogP contribution in [0.2, 0.25) is 0 Å². The van der Waals surface area contributed by atoms with Gasteiger partial charge in [-0.2, -0.15) is 0 Å². The lowest BCUT2D eigenvalue weighted by molar-refractivity contribution is 0.590. The average Bonchev–Trinajstić information content (AvgIpc) is 3.02. The Morgan fingerprint density at radius 3 is 2.22 bits per heavy atom. The Hall–Kier alpha value is -2.94. The maximum atomic E-state index is 14.3. The molecule has 0 radical (unpaired) electrons. The largest absolute Gasteiger partial charge is 0.319 e. The normalized spacial score (nSPS) is 11.9. The van der Waals surface area contributed by atoms with Crippen LogP contribution in [0.4, 0.5) is 4.39 Å². The number of hydrogen-bond acceptors (Lipinski definition) is 1. The second-order valence-corrected chi connectivity index (χ2v) is 7.93. The fraction of sp³-hybridized carbons (Fsp3) is 0.208. The molecule has 0 aliphatic heterocycles. The number of rotatable bonds is 3. The molecule has 0 fully saturated rings. The van der Waals surface area contributed by atoms with E-state index in [1.807, 2.05) is 36.4 Å². The van der Waals surface area contributed by atoms with Crippen molar-refractivity contribution in [1.82, 2.24) is 9.55 Å². The van der Waals surface area contributed by atoms with E-state index in [0.29, 0.717) is 12.1 Å². The predicted octanol–water partition coefficient (Wildman–Crippen LogP) is 6.19. The number of para-hydroxylation sites is 2. The van der Waals surface area contributed by atoms with Crippen LogP contribution in [0.5, 0.6) is 0 Å². The lowest BCUT2D eigenvalue weighted by Crippen LogP contribution is -2.10. The van der Waals surface area contributed by atoms with Gasteiger partial charge in [-0.15, -0.1) is 0 Å². The number of imidazole rings is 1. The molecule has 0 aliphatic rings. The molecule has 1 heterocycles. The maximum absolute atomic E-state index is 14.3. The molecule has 0 bridgehead atoms. The molecule has 0 spiro atoms. The van der Waals surface area contributed by atoms with Crippen molar-refractivity contribution < 1.29 is 4.39 Å². The SMILES string of the molecule is CC(C)(C)c1ccc(-c2nc3ccccc3n2Cc2ccccc2F)cc1. The zero-order valence-corrected chi connectivity index (χ0v) is 15.9. The summed E-state index contributed by atoms with van der Waals surface area (Å²) in [6, 6.07) is 23.5. The zero-order chi connectivity index (χ0) is 19.0. The van der Waals surface area contributed by atoms with E-state index < -0.39 is 0 Å². The van der Waals surface area contributed by atoms with E-state index in [2.05, 4.69) is 49.6 Å². The summed E-state index contributed by atoms with van der Waals surface area (Å²) in [5, 5.41) is 0. The van der Waals surface area contributed by atoms with Gasteiger partial charge in [-0.1, -0.05) is 75.4 Å². The quantitative estimate of drug-likeness (QED) is 0.427. The third kappa shape index (κ3) is 3.37. The molecule has 3 heteroatoms. The zero-order valence-electron chi connectivity index (χ0n) is 15.9. The Balaban J connectivity index is 1.84. The highest BCUT2D eigenvalue weighted by atomic mass is 19.1. The molecule has 3 aromatic carbocycles. The number of nitrogens with zero attached hydrogens (tertiary/aromatic N) is 2. The minimum absolute atomic E-state index is 0.103. The van der Waals surface area contributed by atoms with Crippen LogP contribution in [0.15, 0.2) is 72.8 Å². The Bertz CT molecular complexity index is 1090. The van der Waals surface area contributed by atoms with Gasteiger partial charge in [-0.3, -0.25) is 0 Å². The summed E-state index contributed by atoms with van der Waals surface area (Å²) >= 11 is 0. The first kappa shape index (κ1) is 17.5. The Morgan fingerprint density at radius 1 is 0.852 bits per heavy atom. The molecule has 4 aromatic rings. The van der Waals surface area contributed by atoms with Crippen molar-refractivity contribution in [2.24, 2.45) is 0 Å². The molecule has 0 amide bonds. The smallest absolute Gasteiger partial charge is 0.141 e. The summed E-state index contributed by atoms with van der Waals surface area (Å²) in [7, 11) is 0.